The topological polar surface area (TPSA) is 120 Å². The Labute approximate surface area is 335 Å². The standard InChI is InChI=1S/C48H39N3O7/c52-45(53)44(29-38-30-50(33-49-38)58-48(35-19-7-2-8-20-35,36-21-9-3-10-22-36)37-23-11-4-12-24-37)51(46(54)56-31-34-17-5-1-6-18-34)47(55)57-32-43-41-27-15-13-25-39(41)40-26-14-16-28-42(40)43/h1-28,30,33,43-44H,29,31-32H2,(H,52,53)/t44-/m0/s1. The van der Waals surface area contributed by atoms with Crippen LogP contribution in [0, 0.1) is 0 Å². The Balaban J connectivity index is 1.09. The number of carbonyl (C=O) groups excluding carboxylic acids is 2. The number of carboxylic acid groups (broad SMARTS) is 1. The maximum absolute atomic E-state index is 14.1. The van der Waals surface area contributed by atoms with Gasteiger partial charge in [0.1, 0.15) is 25.6 Å². The van der Waals surface area contributed by atoms with Crippen LogP contribution in [0.15, 0.2) is 182 Å². The molecule has 8 rings (SSSR count). The lowest BCUT2D eigenvalue weighted by Gasteiger charge is -2.35. The number of carboxylic acids is 1. The second kappa shape index (κ2) is 16.7. The number of benzene rings is 6. The van der Waals surface area contributed by atoms with E-state index in [9.17, 15) is 19.5 Å². The van der Waals surface area contributed by atoms with Crippen LogP contribution >= 0.6 is 0 Å². The highest BCUT2D eigenvalue weighted by molar-refractivity contribution is 5.93. The number of amides is 2. The first-order valence-corrected chi connectivity index (χ1v) is 18.9. The molecule has 10 heteroatoms. The van der Waals surface area contributed by atoms with Gasteiger partial charge in [-0.15, -0.1) is 0 Å². The lowest BCUT2D eigenvalue weighted by atomic mass is 9.80. The number of rotatable bonds is 13. The molecule has 0 aliphatic heterocycles. The zero-order valence-electron chi connectivity index (χ0n) is 31.3. The summed E-state index contributed by atoms with van der Waals surface area (Å²) in [4.78, 5) is 52.9. The molecular weight excluding hydrogens is 731 g/mol. The summed E-state index contributed by atoms with van der Waals surface area (Å²) in [6.45, 7) is -0.327. The summed E-state index contributed by atoms with van der Waals surface area (Å²) in [5, 5.41) is 10.6. The SMILES string of the molecule is O=C(O)[C@H](Cc1cn(OC(c2ccccc2)(c2ccccc2)c2ccccc2)cn1)N(C(=O)OCc1ccccc1)C(=O)OCC1c2ccccc2-c2ccccc21. The van der Waals surface area contributed by atoms with Gasteiger partial charge in [-0.1, -0.05) is 170 Å². The van der Waals surface area contributed by atoms with Crippen molar-refractivity contribution in [3.63, 3.8) is 0 Å². The minimum Gasteiger partial charge on any atom is -0.480 e. The average molecular weight is 770 g/mol. The van der Waals surface area contributed by atoms with E-state index >= 15 is 0 Å². The summed E-state index contributed by atoms with van der Waals surface area (Å²) < 4.78 is 12.8. The third-order valence-corrected chi connectivity index (χ3v) is 10.3. The third-order valence-electron chi connectivity index (χ3n) is 10.3. The highest BCUT2D eigenvalue weighted by Crippen LogP contribution is 2.44. The van der Waals surface area contributed by atoms with Gasteiger partial charge in [-0.3, -0.25) is 0 Å². The number of hydrogen-bond donors (Lipinski definition) is 1. The van der Waals surface area contributed by atoms with Crippen LogP contribution in [-0.4, -0.2) is 50.5 Å². The van der Waals surface area contributed by atoms with E-state index in [0.29, 0.717) is 10.5 Å². The van der Waals surface area contributed by atoms with Crippen molar-refractivity contribution in [1.82, 2.24) is 14.6 Å². The molecule has 0 saturated carbocycles. The zero-order valence-corrected chi connectivity index (χ0v) is 31.3. The fourth-order valence-corrected chi connectivity index (χ4v) is 7.60. The van der Waals surface area contributed by atoms with Gasteiger partial charge < -0.3 is 19.4 Å². The summed E-state index contributed by atoms with van der Waals surface area (Å²) in [6.07, 6.45) is 0.291. The molecule has 0 spiro atoms. The quantitative estimate of drug-likeness (QED) is 0.116. The maximum Gasteiger partial charge on any atom is 0.420 e. The fraction of sp³-hybridized carbons (Fsp3) is 0.125. The Morgan fingerprint density at radius 3 is 1.62 bits per heavy atom. The first-order valence-electron chi connectivity index (χ1n) is 18.9. The Hall–Kier alpha value is -7.46. The zero-order chi connectivity index (χ0) is 39.9. The van der Waals surface area contributed by atoms with Crippen molar-refractivity contribution in [2.75, 3.05) is 6.61 Å². The summed E-state index contributed by atoms with van der Waals surface area (Å²) in [6, 6.07) is 52.1. The Bertz CT molecular complexity index is 2370. The third kappa shape index (κ3) is 7.55. The number of ether oxygens (including phenoxy) is 2. The number of hydrogen-bond acceptors (Lipinski definition) is 7. The predicted molar refractivity (Wildman–Crippen MR) is 217 cm³/mol. The lowest BCUT2D eigenvalue weighted by molar-refractivity contribution is -0.142. The minimum atomic E-state index is -1.75. The van der Waals surface area contributed by atoms with Crippen LogP contribution in [-0.2, 0) is 32.9 Å². The number of imidazole rings is 1. The van der Waals surface area contributed by atoms with Gasteiger partial charge in [0.25, 0.3) is 0 Å². The van der Waals surface area contributed by atoms with Crippen LogP contribution in [0.2, 0.25) is 0 Å². The molecule has 288 valence electrons. The Morgan fingerprint density at radius 1 is 0.638 bits per heavy atom. The summed E-state index contributed by atoms with van der Waals surface area (Å²) in [7, 11) is 0. The second-order valence-corrected chi connectivity index (χ2v) is 13.9. The predicted octanol–water partition coefficient (Wildman–Crippen LogP) is 8.89. The molecule has 1 heterocycles. The highest BCUT2D eigenvalue weighted by atomic mass is 16.7. The van der Waals surface area contributed by atoms with Crippen LogP contribution in [0.5, 0.6) is 0 Å². The van der Waals surface area contributed by atoms with E-state index in [0.717, 1.165) is 38.9 Å². The molecule has 1 aliphatic rings. The second-order valence-electron chi connectivity index (χ2n) is 13.9. The smallest absolute Gasteiger partial charge is 0.420 e. The van der Waals surface area contributed by atoms with Crippen molar-refractivity contribution >= 4 is 18.2 Å². The van der Waals surface area contributed by atoms with Gasteiger partial charge in [-0.25, -0.2) is 19.4 Å². The van der Waals surface area contributed by atoms with E-state index in [-0.39, 0.29) is 31.2 Å². The first-order chi connectivity index (χ1) is 28.4. The molecule has 1 N–H and O–H groups in total. The van der Waals surface area contributed by atoms with Gasteiger partial charge in [0.2, 0.25) is 5.60 Å². The molecule has 7 aromatic rings. The Morgan fingerprint density at radius 2 is 1.10 bits per heavy atom. The molecule has 0 fully saturated rings. The normalized spacial score (nSPS) is 12.5. The van der Waals surface area contributed by atoms with Crippen LogP contribution in [0.25, 0.3) is 11.1 Å². The number of carbonyl (C=O) groups is 3. The van der Waals surface area contributed by atoms with Crippen molar-refractivity contribution in [2.24, 2.45) is 0 Å². The monoisotopic (exact) mass is 769 g/mol. The van der Waals surface area contributed by atoms with E-state index < -0.39 is 29.8 Å². The van der Waals surface area contributed by atoms with Crippen molar-refractivity contribution in [3.8, 4) is 11.1 Å². The molecule has 1 aliphatic carbocycles. The molecule has 0 saturated heterocycles. The van der Waals surface area contributed by atoms with Gasteiger partial charge >= 0.3 is 18.2 Å². The maximum atomic E-state index is 14.1. The van der Waals surface area contributed by atoms with Gasteiger partial charge in [0, 0.05) is 29.0 Å². The molecule has 6 aromatic carbocycles. The van der Waals surface area contributed by atoms with Gasteiger partial charge in [-0.2, -0.15) is 9.63 Å². The Kier molecular flexibility index (Phi) is 10.8. The van der Waals surface area contributed by atoms with Gasteiger partial charge in [-0.05, 0) is 27.8 Å². The molecule has 2 amide bonds. The van der Waals surface area contributed by atoms with Crippen molar-refractivity contribution in [2.45, 2.75) is 30.6 Å². The van der Waals surface area contributed by atoms with E-state index in [1.807, 2.05) is 146 Å². The average Bonchev–Trinajstić information content (AvgIpc) is 3.86. The van der Waals surface area contributed by atoms with E-state index in [1.54, 1.807) is 30.5 Å². The highest BCUT2D eigenvalue weighted by Gasteiger charge is 2.42. The van der Waals surface area contributed by atoms with E-state index in [4.69, 9.17) is 14.3 Å². The van der Waals surface area contributed by atoms with Crippen LogP contribution in [0.1, 0.15) is 45.0 Å². The molecule has 1 atom stereocenters. The molecular formula is C48H39N3O7. The number of aliphatic carboxylic acids is 1. The fourth-order valence-electron chi connectivity index (χ4n) is 7.60. The molecule has 58 heavy (non-hydrogen) atoms. The molecule has 1 aromatic heterocycles. The molecule has 0 radical (unpaired) electrons. The van der Waals surface area contributed by atoms with Gasteiger partial charge in [0.05, 0.1) is 11.9 Å². The summed E-state index contributed by atoms with van der Waals surface area (Å²) in [5.41, 5.74) is 6.25. The van der Waals surface area contributed by atoms with Crippen molar-refractivity contribution < 1.29 is 33.8 Å². The summed E-state index contributed by atoms with van der Waals surface area (Å²) in [5.74, 6) is -1.78. The molecule has 0 unspecified atom stereocenters. The van der Waals surface area contributed by atoms with Crippen molar-refractivity contribution in [1.29, 1.82) is 0 Å². The van der Waals surface area contributed by atoms with E-state index in [2.05, 4.69) is 4.98 Å². The van der Waals surface area contributed by atoms with Crippen molar-refractivity contribution in [3.05, 3.63) is 221 Å². The number of aromatic nitrogens is 2. The van der Waals surface area contributed by atoms with Crippen LogP contribution in [0.3, 0.4) is 0 Å². The van der Waals surface area contributed by atoms with E-state index in [1.165, 1.54) is 11.1 Å². The first kappa shape index (κ1) is 37.5. The largest absolute Gasteiger partial charge is 0.480 e. The molecule has 10 nitrogen and oxygen atoms in total. The number of nitrogens with zero attached hydrogens (tertiary/aromatic N) is 3. The minimum absolute atomic E-state index is 0.134. The van der Waals surface area contributed by atoms with Crippen LogP contribution in [0.4, 0.5) is 9.59 Å². The number of imide groups is 1. The van der Waals surface area contributed by atoms with Gasteiger partial charge in [0.15, 0.2) is 0 Å². The van der Waals surface area contributed by atoms with Crippen LogP contribution < -0.4 is 4.84 Å². The number of fused-ring (bicyclic) bond motifs is 3. The summed E-state index contributed by atoms with van der Waals surface area (Å²) >= 11 is 0. The molecule has 0 bridgehead atoms. The lowest BCUT2D eigenvalue weighted by Crippen LogP contribution is -2.50.